The van der Waals surface area contributed by atoms with Crippen molar-refractivity contribution in [1.29, 1.82) is 0 Å². The third kappa shape index (κ3) is 1.72. The molecule has 5 nitrogen and oxygen atoms in total. The smallest absolute Gasteiger partial charge is 0.326 e. The fourth-order valence-corrected chi connectivity index (χ4v) is 4.00. The number of carboxylic acid groups (broad SMARTS) is 1. The van der Waals surface area contributed by atoms with Gasteiger partial charge in [-0.25, -0.2) is 4.79 Å². The summed E-state index contributed by atoms with van der Waals surface area (Å²) in [6.45, 7) is 3.79. The summed E-state index contributed by atoms with van der Waals surface area (Å²) in [6, 6.07) is -1.01. The second kappa shape index (κ2) is 4.43. The van der Waals surface area contributed by atoms with Crippen LogP contribution in [0.1, 0.15) is 26.7 Å². The lowest BCUT2D eigenvalue weighted by atomic mass is 9.85. The van der Waals surface area contributed by atoms with Gasteiger partial charge in [0.1, 0.15) is 6.04 Å². The second-order valence-electron chi connectivity index (χ2n) is 6.53. The zero-order valence-electron chi connectivity index (χ0n) is 11.7. The Bertz CT molecular complexity index is 480. The lowest BCUT2D eigenvalue weighted by molar-refractivity contribution is -0.156. The molecule has 0 radical (unpaired) electrons. The van der Waals surface area contributed by atoms with E-state index in [9.17, 15) is 19.5 Å². The number of hydrogen-bond acceptors (Lipinski definition) is 3. The van der Waals surface area contributed by atoms with E-state index in [1.165, 1.54) is 0 Å². The molecule has 1 saturated heterocycles. The van der Waals surface area contributed by atoms with Crippen LogP contribution in [0.4, 0.5) is 0 Å². The van der Waals surface area contributed by atoms with Crippen molar-refractivity contribution in [1.82, 2.24) is 4.90 Å². The van der Waals surface area contributed by atoms with Crippen LogP contribution in [-0.4, -0.2) is 33.8 Å². The molecular weight excluding hydrogens is 258 g/mol. The minimum absolute atomic E-state index is 0.118. The molecule has 0 aromatic rings. The summed E-state index contributed by atoms with van der Waals surface area (Å²) in [6.07, 6.45) is 5.20. The highest BCUT2D eigenvalue weighted by atomic mass is 16.4. The van der Waals surface area contributed by atoms with E-state index in [0.717, 1.165) is 11.3 Å². The van der Waals surface area contributed by atoms with E-state index in [4.69, 9.17) is 0 Å². The minimum atomic E-state index is -1.08. The predicted octanol–water partition coefficient (Wildman–Crippen LogP) is 1.29. The molecule has 20 heavy (non-hydrogen) atoms. The zero-order chi connectivity index (χ0) is 14.6. The summed E-state index contributed by atoms with van der Waals surface area (Å²) >= 11 is 0. The number of imide groups is 1. The van der Waals surface area contributed by atoms with Gasteiger partial charge in [0.25, 0.3) is 0 Å². The SMILES string of the molecule is CC(C)C[C@H](C(=O)O)N1C(=O)[C@@H]2[C@H](C1=O)[C@H]1C=C[C@@H]2C1. The largest absolute Gasteiger partial charge is 0.480 e. The van der Waals surface area contributed by atoms with Crippen molar-refractivity contribution >= 4 is 17.8 Å². The van der Waals surface area contributed by atoms with Gasteiger partial charge in [0.2, 0.25) is 11.8 Å². The highest BCUT2D eigenvalue weighted by Gasteiger charge is 2.61. The number of carboxylic acids is 1. The molecule has 1 saturated carbocycles. The highest BCUT2D eigenvalue weighted by Crippen LogP contribution is 2.53. The molecule has 0 spiro atoms. The first-order valence-electron chi connectivity index (χ1n) is 7.20. The maximum atomic E-state index is 12.5. The maximum absolute atomic E-state index is 12.5. The van der Waals surface area contributed by atoms with Crippen molar-refractivity contribution in [3.63, 3.8) is 0 Å². The summed E-state index contributed by atoms with van der Waals surface area (Å²) in [7, 11) is 0. The molecule has 108 valence electrons. The van der Waals surface area contributed by atoms with E-state index in [0.29, 0.717) is 6.42 Å². The fraction of sp³-hybridized carbons (Fsp3) is 0.667. The van der Waals surface area contributed by atoms with Crippen LogP contribution in [0, 0.1) is 29.6 Å². The first kappa shape index (κ1) is 13.3. The van der Waals surface area contributed by atoms with Gasteiger partial charge < -0.3 is 5.11 Å². The molecule has 3 aliphatic rings. The number of hydrogen-bond donors (Lipinski definition) is 1. The van der Waals surface area contributed by atoms with Crippen molar-refractivity contribution < 1.29 is 19.5 Å². The van der Waals surface area contributed by atoms with Crippen LogP contribution in [0.25, 0.3) is 0 Å². The molecule has 1 N–H and O–H groups in total. The van der Waals surface area contributed by atoms with Gasteiger partial charge in [-0.15, -0.1) is 0 Å². The number of aliphatic carboxylic acids is 1. The molecule has 3 rings (SSSR count). The number of carbonyl (C=O) groups excluding carboxylic acids is 2. The summed E-state index contributed by atoms with van der Waals surface area (Å²) in [5.74, 6) is -1.89. The standard InChI is InChI=1S/C15H19NO4/c1-7(2)5-10(15(19)20)16-13(17)11-8-3-4-9(6-8)12(11)14(16)18/h3-4,7-12H,5-6H2,1-2H3,(H,19,20)/t8-,9+,10-,11+,12-/m1/s1. The number of allylic oxidation sites excluding steroid dienone is 2. The van der Waals surface area contributed by atoms with E-state index in [-0.39, 0.29) is 41.4 Å². The third-order valence-electron chi connectivity index (χ3n) is 4.80. The fourth-order valence-electron chi connectivity index (χ4n) is 4.00. The van der Waals surface area contributed by atoms with Crippen LogP contribution in [0.15, 0.2) is 12.2 Å². The molecule has 1 heterocycles. The average Bonchev–Trinajstić information content (AvgIpc) is 3.01. The van der Waals surface area contributed by atoms with Crippen molar-refractivity contribution in [3.8, 4) is 0 Å². The Morgan fingerprint density at radius 1 is 1.25 bits per heavy atom. The van der Waals surface area contributed by atoms with Crippen LogP contribution in [0.2, 0.25) is 0 Å². The molecule has 1 aliphatic heterocycles. The Morgan fingerprint density at radius 2 is 1.75 bits per heavy atom. The number of rotatable bonds is 4. The third-order valence-corrected chi connectivity index (χ3v) is 4.80. The van der Waals surface area contributed by atoms with Crippen LogP contribution >= 0.6 is 0 Å². The lowest BCUT2D eigenvalue weighted by Crippen LogP contribution is -2.47. The van der Waals surface area contributed by atoms with Gasteiger partial charge in [-0.1, -0.05) is 26.0 Å². The predicted molar refractivity (Wildman–Crippen MR) is 70.4 cm³/mol. The van der Waals surface area contributed by atoms with Gasteiger partial charge in [-0.05, 0) is 30.6 Å². The number of nitrogens with zero attached hydrogens (tertiary/aromatic N) is 1. The van der Waals surface area contributed by atoms with E-state index in [1.54, 1.807) is 0 Å². The van der Waals surface area contributed by atoms with E-state index in [1.807, 2.05) is 26.0 Å². The lowest BCUT2D eigenvalue weighted by Gasteiger charge is -2.25. The molecule has 2 amide bonds. The Morgan fingerprint density at radius 3 is 2.15 bits per heavy atom. The summed E-state index contributed by atoms with van der Waals surface area (Å²) in [5, 5.41) is 9.37. The van der Waals surface area contributed by atoms with Crippen molar-refractivity contribution in [2.75, 3.05) is 0 Å². The molecular formula is C15H19NO4. The van der Waals surface area contributed by atoms with Crippen LogP contribution in [0.5, 0.6) is 0 Å². The van der Waals surface area contributed by atoms with E-state index < -0.39 is 12.0 Å². The molecule has 0 aromatic carbocycles. The average molecular weight is 277 g/mol. The second-order valence-corrected chi connectivity index (χ2v) is 6.53. The topological polar surface area (TPSA) is 74.7 Å². The Balaban J connectivity index is 1.90. The van der Waals surface area contributed by atoms with Gasteiger partial charge in [-0.2, -0.15) is 0 Å². The van der Waals surface area contributed by atoms with Gasteiger partial charge in [-0.3, -0.25) is 14.5 Å². The first-order valence-corrected chi connectivity index (χ1v) is 7.20. The molecule has 2 bridgehead atoms. The first-order chi connectivity index (χ1) is 9.41. The molecule has 5 atom stereocenters. The zero-order valence-corrected chi connectivity index (χ0v) is 11.7. The summed E-state index contributed by atoms with van der Waals surface area (Å²) in [4.78, 5) is 37.5. The number of fused-ring (bicyclic) bond motifs is 5. The Hall–Kier alpha value is -1.65. The normalized spacial score (nSPS) is 36.0. The van der Waals surface area contributed by atoms with Crippen LogP contribution < -0.4 is 0 Å². The Labute approximate surface area is 117 Å². The minimum Gasteiger partial charge on any atom is -0.480 e. The molecule has 0 aromatic heterocycles. The van der Waals surface area contributed by atoms with E-state index >= 15 is 0 Å². The number of carbonyl (C=O) groups is 3. The van der Waals surface area contributed by atoms with Gasteiger partial charge in [0, 0.05) is 0 Å². The van der Waals surface area contributed by atoms with Gasteiger partial charge in [0.05, 0.1) is 11.8 Å². The Kier molecular flexibility index (Phi) is 2.96. The highest BCUT2D eigenvalue weighted by molar-refractivity contribution is 6.08. The van der Waals surface area contributed by atoms with Crippen molar-refractivity contribution in [2.45, 2.75) is 32.7 Å². The number of amides is 2. The van der Waals surface area contributed by atoms with Crippen molar-refractivity contribution in [2.24, 2.45) is 29.6 Å². The summed E-state index contributed by atoms with van der Waals surface area (Å²) in [5.41, 5.74) is 0. The van der Waals surface area contributed by atoms with Crippen LogP contribution in [-0.2, 0) is 14.4 Å². The van der Waals surface area contributed by atoms with Crippen molar-refractivity contribution in [3.05, 3.63) is 12.2 Å². The monoisotopic (exact) mass is 277 g/mol. The van der Waals surface area contributed by atoms with E-state index in [2.05, 4.69) is 0 Å². The number of likely N-dealkylation sites (tertiary alicyclic amines) is 1. The summed E-state index contributed by atoms with van der Waals surface area (Å²) < 4.78 is 0. The molecule has 5 heteroatoms. The quantitative estimate of drug-likeness (QED) is 0.620. The molecule has 2 fully saturated rings. The van der Waals surface area contributed by atoms with Gasteiger partial charge in [0.15, 0.2) is 0 Å². The van der Waals surface area contributed by atoms with Gasteiger partial charge >= 0.3 is 5.97 Å². The maximum Gasteiger partial charge on any atom is 0.326 e. The van der Waals surface area contributed by atoms with Crippen LogP contribution in [0.3, 0.4) is 0 Å². The molecule has 2 aliphatic carbocycles. The molecule has 0 unspecified atom stereocenters.